The van der Waals surface area contributed by atoms with Gasteiger partial charge in [-0.3, -0.25) is 0 Å². The molecule has 55 heavy (non-hydrogen) atoms. The summed E-state index contributed by atoms with van der Waals surface area (Å²) >= 11 is 0. The van der Waals surface area contributed by atoms with E-state index in [4.69, 9.17) is 13.6 Å². The highest BCUT2D eigenvalue weighted by Crippen LogP contribution is 2.54. The molecule has 3 aromatic heterocycles. The first kappa shape index (κ1) is 30.1. The quantitative estimate of drug-likeness (QED) is 0.193. The predicted octanol–water partition coefficient (Wildman–Crippen LogP) is 13.6. The topological polar surface area (TPSA) is 55.7 Å². The van der Waals surface area contributed by atoms with Crippen LogP contribution < -0.4 is 15.0 Å². The lowest BCUT2D eigenvalue weighted by atomic mass is 10.0. The Morgan fingerprint density at radius 1 is 0.491 bits per heavy atom. The van der Waals surface area contributed by atoms with Crippen molar-refractivity contribution < 1.29 is 13.6 Å². The predicted molar refractivity (Wildman–Crippen MR) is 223 cm³/mol. The lowest BCUT2D eigenvalue weighted by molar-refractivity contribution is 0.263. The Morgan fingerprint density at radius 2 is 1.16 bits per heavy atom. The fourth-order valence-electron chi connectivity index (χ4n) is 8.62. The number of aromatic nitrogens is 1. The van der Waals surface area contributed by atoms with Crippen molar-refractivity contribution >= 4 is 88.4 Å². The first-order chi connectivity index (χ1) is 27.3. The van der Waals surface area contributed by atoms with E-state index in [1.54, 1.807) is 0 Å². The average molecular weight is 710 g/mol. The second-order valence-corrected chi connectivity index (χ2v) is 14.1. The molecule has 0 saturated heterocycles. The summed E-state index contributed by atoms with van der Waals surface area (Å²) in [5.41, 5.74) is 11.3. The number of nitrogens with zero attached hydrogens (tertiary/aromatic N) is 2. The standard InChI is InChI=1S/C49H31N3O3/c1-3-14-30(15-4-1)49-50-37-29-41(48-46(47(37)55-49)36-20-9-12-25-43(36)54-48)52(32-26-27-34-33-18-8-11-24-42(33)53-44(34)28-32)40-23-13-22-39-45(40)35-19-7-10-21-38(35)51(39)31-16-5-2-6-17-31/h1-29,49-50H. The molecule has 1 N–H and O–H groups in total. The fourth-order valence-corrected chi connectivity index (χ4v) is 8.62. The van der Waals surface area contributed by atoms with Crippen LogP contribution in [0.3, 0.4) is 0 Å². The summed E-state index contributed by atoms with van der Waals surface area (Å²) in [5, 5.41) is 10.1. The van der Waals surface area contributed by atoms with Gasteiger partial charge in [0.15, 0.2) is 17.6 Å². The van der Waals surface area contributed by atoms with Crippen LogP contribution in [-0.4, -0.2) is 4.57 Å². The highest BCUT2D eigenvalue weighted by molar-refractivity contribution is 6.20. The van der Waals surface area contributed by atoms with Crippen LogP contribution in [0.4, 0.5) is 22.7 Å². The Morgan fingerprint density at radius 3 is 2.00 bits per heavy atom. The smallest absolute Gasteiger partial charge is 0.196 e. The molecule has 0 radical (unpaired) electrons. The monoisotopic (exact) mass is 709 g/mol. The van der Waals surface area contributed by atoms with E-state index in [9.17, 15) is 0 Å². The molecule has 0 aliphatic carbocycles. The molecule has 6 nitrogen and oxygen atoms in total. The third-order valence-electron chi connectivity index (χ3n) is 11.0. The number of anilines is 4. The molecule has 0 saturated carbocycles. The third-order valence-corrected chi connectivity index (χ3v) is 11.0. The van der Waals surface area contributed by atoms with Gasteiger partial charge in [0.1, 0.15) is 16.7 Å². The van der Waals surface area contributed by atoms with Crippen molar-refractivity contribution in [1.29, 1.82) is 0 Å². The Bertz CT molecular complexity index is 3290. The van der Waals surface area contributed by atoms with Crippen LogP contribution in [-0.2, 0) is 0 Å². The number of nitrogens with one attached hydrogen (secondary N) is 1. The van der Waals surface area contributed by atoms with Crippen molar-refractivity contribution in [2.24, 2.45) is 0 Å². The third kappa shape index (κ3) is 4.42. The molecular weight excluding hydrogens is 679 g/mol. The van der Waals surface area contributed by atoms with Gasteiger partial charge in [-0.2, -0.15) is 0 Å². The normalized spacial score (nSPS) is 13.9. The Hall–Kier alpha value is -7.44. The summed E-state index contributed by atoms with van der Waals surface area (Å²) in [6.07, 6.45) is -0.351. The first-order valence-corrected chi connectivity index (χ1v) is 18.5. The van der Waals surface area contributed by atoms with E-state index in [-0.39, 0.29) is 6.23 Å². The maximum absolute atomic E-state index is 6.91. The minimum absolute atomic E-state index is 0.351. The van der Waals surface area contributed by atoms with Gasteiger partial charge in [-0.1, -0.05) is 109 Å². The molecule has 12 rings (SSSR count). The zero-order chi connectivity index (χ0) is 36.0. The maximum Gasteiger partial charge on any atom is 0.196 e. The molecule has 11 aromatic rings. The molecule has 1 aliphatic heterocycles. The molecule has 1 aliphatic rings. The molecular formula is C49H31N3O3. The molecule has 0 fully saturated rings. The van der Waals surface area contributed by atoms with E-state index in [1.807, 2.05) is 42.5 Å². The SMILES string of the molecule is c1ccc(C2Nc3cc(N(c4ccc5c(c4)oc4ccccc45)c4cccc5c4c4ccccc4n5-c4ccccc4)c4oc5ccccc5c4c3O2)cc1. The summed E-state index contributed by atoms with van der Waals surface area (Å²) in [5.74, 6) is 0.782. The molecule has 6 heteroatoms. The highest BCUT2D eigenvalue weighted by Gasteiger charge is 2.32. The largest absolute Gasteiger partial charge is 0.464 e. The van der Waals surface area contributed by atoms with Gasteiger partial charge >= 0.3 is 0 Å². The summed E-state index contributed by atoms with van der Waals surface area (Å²) in [6.45, 7) is 0. The molecule has 260 valence electrons. The van der Waals surface area contributed by atoms with E-state index in [0.29, 0.717) is 0 Å². The van der Waals surface area contributed by atoms with Gasteiger partial charge in [-0.25, -0.2) is 0 Å². The van der Waals surface area contributed by atoms with Gasteiger partial charge in [0, 0.05) is 44.2 Å². The molecule has 0 amide bonds. The number of para-hydroxylation sites is 4. The number of benzene rings is 8. The summed E-state index contributed by atoms with van der Waals surface area (Å²) in [6, 6.07) is 61.2. The second kappa shape index (κ2) is 11.5. The average Bonchev–Trinajstić information content (AvgIpc) is 4.02. The Balaban J connectivity index is 1.19. The molecule has 0 bridgehead atoms. The van der Waals surface area contributed by atoms with Gasteiger partial charge in [0.25, 0.3) is 0 Å². The molecule has 1 atom stereocenters. The Labute approximate surface area is 315 Å². The molecule has 1 unspecified atom stereocenters. The van der Waals surface area contributed by atoms with Crippen LogP contribution in [0.5, 0.6) is 5.75 Å². The van der Waals surface area contributed by atoms with Crippen molar-refractivity contribution in [1.82, 2.24) is 4.57 Å². The molecule has 0 spiro atoms. The van der Waals surface area contributed by atoms with E-state index in [1.165, 1.54) is 0 Å². The number of fused-ring (bicyclic) bond motifs is 11. The lowest BCUT2D eigenvalue weighted by Crippen LogP contribution is -2.11. The highest BCUT2D eigenvalue weighted by atomic mass is 16.5. The van der Waals surface area contributed by atoms with Crippen molar-refractivity contribution in [3.05, 3.63) is 181 Å². The van der Waals surface area contributed by atoms with E-state index >= 15 is 0 Å². The van der Waals surface area contributed by atoms with Gasteiger partial charge in [-0.05, 0) is 60.7 Å². The van der Waals surface area contributed by atoms with Crippen molar-refractivity contribution in [3.8, 4) is 11.4 Å². The molecule has 8 aromatic carbocycles. The van der Waals surface area contributed by atoms with Crippen molar-refractivity contribution in [3.63, 3.8) is 0 Å². The summed E-state index contributed by atoms with van der Waals surface area (Å²) in [4.78, 5) is 2.33. The van der Waals surface area contributed by atoms with E-state index < -0.39 is 0 Å². The van der Waals surface area contributed by atoms with E-state index in [2.05, 4.69) is 148 Å². The van der Waals surface area contributed by atoms with Gasteiger partial charge < -0.3 is 28.4 Å². The zero-order valence-corrected chi connectivity index (χ0v) is 29.4. The van der Waals surface area contributed by atoms with Gasteiger partial charge in [-0.15, -0.1) is 0 Å². The number of furan rings is 2. The van der Waals surface area contributed by atoms with Crippen LogP contribution in [0.2, 0.25) is 0 Å². The number of hydrogen-bond donors (Lipinski definition) is 1. The van der Waals surface area contributed by atoms with Crippen LogP contribution in [0.25, 0.3) is 71.4 Å². The first-order valence-electron chi connectivity index (χ1n) is 18.5. The summed E-state index contributed by atoms with van der Waals surface area (Å²) < 4.78 is 22.6. The van der Waals surface area contributed by atoms with Gasteiger partial charge in [0.05, 0.1) is 39.2 Å². The Kier molecular flexibility index (Phi) is 6.30. The second-order valence-electron chi connectivity index (χ2n) is 14.1. The van der Waals surface area contributed by atoms with Crippen molar-refractivity contribution in [2.75, 3.05) is 10.2 Å². The zero-order valence-electron chi connectivity index (χ0n) is 29.4. The van der Waals surface area contributed by atoms with Crippen molar-refractivity contribution in [2.45, 2.75) is 6.23 Å². The number of rotatable bonds is 5. The maximum atomic E-state index is 6.91. The number of ether oxygens (including phenoxy) is 1. The van der Waals surface area contributed by atoms with Crippen LogP contribution in [0.15, 0.2) is 185 Å². The lowest BCUT2D eigenvalue weighted by Gasteiger charge is -2.27. The van der Waals surface area contributed by atoms with Gasteiger partial charge in [0.2, 0.25) is 0 Å². The molecule has 4 heterocycles. The minimum atomic E-state index is -0.351. The van der Waals surface area contributed by atoms with Crippen LogP contribution in [0, 0.1) is 0 Å². The fraction of sp³-hybridized carbons (Fsp3) is 0.0204. The van der Waals surface area contributed by atoms with E-state index in [0.717, 1.165) is 105 Å². The van der Waals surface area contributed by atoms with Crippen LogP contribution >= 0.6 is 0 Å². The summed E-state index contributed by atoms with van der Waals surface area (Å²) in [7, 11) is 0. The number of hydrogen-bond acceptors (Lipinski definition) is 5. The minimum Gasteiger partial charge on any atom is -0.464 e. The van der Waals surface area contributed by atoms with Crippen LogP contribution in [0.1, 0.15) is 11.8 Å².